The molecule has 4 heterocycles. The first kappa shape index (κ1) is 25.1. The third-order valence-electron chi connectivity index (χ3n) is 7.46. The van der Waals surface area contributed by atoms with Gasteiger partial charge >= 0.3 is 0 Å². The van der Waals surface area contributed by atoms with E-state index in [0.717, 1.165) is 16.8 Å². The summed E-state index contributed by atoms with van der Waals surface area (Å²) < 4.78 is 21.4. The van der Waals surface area contributed by atoms with Crippen molar-refractivity contribution in [3.63, 3.8) is 0 Å². The first-order chi connectivity index (χ1) is 18.6. The maximum atomic E-state index is 13.5. The number of nitrogens with zero attached hydrogens (tertiary/aromatic N) is 6. The van der Waals surface area contributed by atoms with Crippen molar-refractivity contribution >= 4 is 5.91 Å². The summed E-state index contributed by atoms with van der Waals surface area (Å²) in [7, 11) is 0. The molecular formula is C29H30FN7O2. The quantitative estimate of drug-likeness (QED) is 0.406. The van der Waals surface area contributed by atoms with Crippen LogP contribution < -0.4 is 10.5 Å². The van der Waals surface area contributed by atoms with E-state index in [9.17, 15) is 9.18 Å². The molecule has 1 saturated heterocycles. The molecule has 0 bridgehead atoms. The number of amides is 1. The summed E-state index contributed by atoms with van der Waals surface area (Å²) in [5, 5.41) is 4.46. The molecule has 0 unspecified atom stereocenters. The van der Waals surface area contributed by atoms with E-state index in [-0.39, 0.29) is 29.7 Å². The second kappa shape index (κ2) is 9.23. The van der Waals surface area contributed by atoms with Gasteiger partial charge in [0, 0.05) is 60.2 Å². The minimum atomic E-state index is -0.607. The first-order valence-corrected chi connectivity index (χ1v) is 13.0. The molecule has 1 amide bonds. The lowest BCUT2D eigenvalue weighted by molar-refractivity contribution is 0.0751. The van der Waals surface area contributed by atoms with Gasteiger partial charge in [-0.2, -0.15) is 5.10 Å². The van der Waals surface area contributed by atoms with Crippen molar-refractivity contribution in [3.8, 4) is 23.1 Å². The molecule has 1 aliphatic carbocycles. The highest BCUT2D eigenvalue weighted by molar-refractivity contribution is 5.95. The largest absolute Gasteiger partial charge is 0.474 e. The molecule has 9 nitrogen and oxygen atoms in total. The van der Waals surface area contributed by atoms with E-state index in [2.05, 4.69) is 15.1 Å². The van der Waals surface area contributed by atoms with Crippen LogP contribution in [0.2, 0.25) is 0 Å². The Kier molecular flexibility index (Phi) is 5.95. The predicted octanol–water partition coefficient (Wildman–Crippen LogP) is 3.82. The van der Waals surface area contributed by atoms with Gasteiger partial charge in [-0.05, 0) is 69.7 Å². The average Bonchev–Trinajstić information content (AvgIpc) is 3.21. The molecule has 3 atom stereocenters. The van der Waals surface area contributed by atoms with Gasteiger partial charge in [-0.25, -0.2) is 24.0 Å². The van der Waals surface area contributed by atoms with Gasteiger partial charge in [-0.15, -0.1) is 0 Å². The number of pyridine rings is 1. The number of rotatable bonds is 6. The van der Waals surface area contributed by atoms with Crippen LogP contribution >= 0.6 is 0 Å². The van der Waals surface area contributed by atoms with Crippen molar-refractivity contribution < 1.29 is 13.9 Å². The highest BCUT2D eigenvalue weighted by Gasteiger charge is 2.59. The zero-order chi connectivity index (χ0) is 27.5. The van der Waals surface area contributed by atoms with E-state index >= 15 is 0 Å². The van der Waals surface area contributed by atoms with Crippen molar-refractivity contribution in [3.05, 3.63) is 83.2 Å². The number of aromatic nitrogens is 5. The summed E-state index contributed by atoms with van der Waals surface area (Å²) in [6, 6.07) is 11.8. The number of ether oxygens (including phenoxy) is 1. The van der Waals surface area contributed by atoms with Crippen molar-refractivity contribution in [2.45, 2.75) is 39.3 Å². The van der Waals surface area contributed by atoms with Crippen LogP contribution in [0.15, 0.2) is 54.9 Å². The lowest BCUT2D eigenvalue weighted by Crippen LogP contribution is -2.33. The van der Waals surface area contributed by atoms with Gasteiger partial charge in [0.1, 0.15) is 11.9 Å². The molecule has 0 radical (unpaired) electrons. The second-order valence-electron chi connectivity index (χ2n) is 11.0. The molecule has 6 rings (SSSR count). The maximum Gasteiger partial charge on any atom is 0.257 e. The number of fused-ring (bicyclic) bond motifs is 1. The molecule has 1 saturated carbocycles. The van der Waals surface area contributed by atoms with Crippen LogP contribution in [-0.2, 0) is 5.54 Å². The SMILES string of the molecule is Cc1ccnc(-n2cc(C(=O)N3C[C@@H]4[C@H](C3)[C@@H]4Oc3cc(C(C)(C)N)cc(-c4ccc(F)cc4)n3)c(C)n2)n1. The Morgan fingerprint density at radius 2 is 1.79 bits per heavy atom. The van der Waals surface area contributed by atoms with Crippen LogP contribution in [0.1, 0.15) is 41.2 Å². The standard InChI is InChI=1S/C29H30FN7O2/c1-16-9-10-32-28(33-16)37-15-21(17(2)35-37)27(38)36-13-22-23(14-36)26(22)39-25-12-19(29(3,4)31)11-24(34-25)18-5-7-20(30)8-6-18/h5-12,15,22-23,26H,13-14,31H2,1-4H3/t22-,23+,26-. The van der Waals surface area contributed by atoms with Gasteiger partial charge in [0.25, 0.3) is 11.9 Å². The van der Waals surface area contributed by atoms with Crippen LogP contribution in [0.3, 0.4) is 0 Å². The summed E-state index contributed by atoms with van der Waals surface area (Å²) >= 11 is 0. The monoisotopic (exact) mass is 527 g/mol. The number of carbonyl (C=O) groups excluding carboxylic acids is 1. The van der Waals surface area contributed by atoms with Gasteiger partial charge in [-0.1, -0.05) is 0 Å². The van der Waals surface area contributed by atoms with E-state index in [1.807, 2.05) is 50.8 Å². The lowest BCUT2D eigenvalue weighted by atomic mass is 9.95. The zero-order valence-electron chi connectivity index (χ0n) is 22.3. The van der Waals surface area contributed by atoms with Gasteiger partial charge in [0.05, 0.1) is 17.0 Å². The first-order valence-electron chi connectivity index (χ1n) is 13.0. The molecule has 1 aliphatic heterocycles. The number of likely N-dealkylation sites (tertiary alicyclic amines) is 1. The smallest absolute Gasteiger partial charge is 0.257 e. The van der Waals surface area contributed by atoms with Crippen molar-refractivity contribution in [2.75, 3.05) is 13.1 Å². The number of hydrogen-bond acceptors (Lipinski definition) is 7. The highest BCUT2D eigenvalue weighted by atomic mass is 19.1. The maximum absolute atomic E-state index is 13.5. The number of halogens is 1. The minimum Gasteiger partial charge on any atom is -0.474 e. The fraction of sp³-hybridized carbons (Fsp3) is 0.345. The Morgan fingerprint density at radius 3 is 2.46 bits per heavy atom. The number of aryl methyl sites for hydroxylation is 2. The minimum absolute atomic E-state index is 0.0248. The van der Waals surface area contributed by atoms with Crippen molar-refractivity contribution in [1.82, 2.24) is 29.6 Å². The summed E-state index contributed by atoms with van der Waals surface area (Å²) in [6.07, 6.45) is 3.35. The van der Waals surface area contributed by atoms with E-state index in [4.69, 9.17) is 15.5 Å². The topological polar surface area (TPSA) is 112 Å². The lowest BCUT2D eigenvalue weighted by Gasteiger charge is -2.22. The molecule has 0 spiro atoms. The van der Waals surface area contributed by atoms with E-state index in [1.165, 1.54) is 12.1 Å². The Labute approximate surface area is 225 Å². The number of piperidine rings is 1. The molecule has 2 N–H and O–H groups in total. The predicted molar refractivity (Wildman–Crippen MR) is 143 cm³/mol. The number of carbonyl (C=O) groups is 1. The number of hydrogen-bond donors (Lipinski definition) is 1. The summed E-state index contributed by atoms with van der Waals surface area (Å²) in [6.45, 7) is 8.75. The summed E-state index contributed by atoms with van der Waals surface area (Å²) in [4.78, 5) is 28.5. The molecule has 1 aromatic carbocycles. The number of benzene rings is 1. The number of nitrogens with two attached hydrogens (primary N) is 1. The molecule has 3 aromatic heterocycles. The van der Waals surface area contributed by atoms with Gasteiger partial charge in [0.15, 0.2) is 0 Å². The third-order valence-corrected chi connectivity index (χ3v) is 7.46. The summed E-state index contributed by atoms with van der Waals surface area (Å²) in [5.74, 6) is 1.02. The van der Waals surface area contributed by atoms with Gasteiger partial charge < -0.3 is 15.4 Å². The zero-order valence-corrected chi connectivity index (χ0v) is 22.3. The van der Waals surface area contributed by atoms with E-state index in [0.29, 0.717) is 41.9 Å². The van der Waals surface area contributed by atoms with Crippen LogP contribution in [-0.4, -0.2) is 54.7 Å². The Bertz CT molecular complexity index is 1550. The van der Waals surface area contributed by atoms with Crippen LogP contribution in [0.4, 0.5) is 4.39 Å². The highest BCUT2D eigenvalue weighted by Crippen LogP contribution is 2.48. The molecule has 10 heteroatoms. The van der Waals surface area contributed by atoms with E-state index in [1.54, 1.807) is 29.2 Å². The van der Waals surface area contributed by atoms with E-state index < -0.39 is 5.54 Å². The molecule has 2 aliphatic rings. The fourth-order valence-corrected chi connectivity index (χ4v) is 5.15. The van der Waals surface area contributed by atoms with Gasteiger partial charge in [0.2, 0.25) is 5.88 Å². The molecule has 200 valence electrons. The Hall–Kier alpha value is -4.18. The normalized spacial score (nSPS) is 20.2. The molecule has 2 fully saturated rings. The second-order valence-corrected chi connectivity index (χ2v) is 11.0. The van der Waals surface area contributed by atoms with Crippen LogP contribution in [0.25, 0.3) is 17.2 Å². The fourth-order valence-electron chi connectivity index (χ4n) is 5.15. The summed E-state index contributed by atoms with van der Waals surface area (Å²) in [5.41, 5.74) is 10.1. The molecule has 4 aromatic rings. The Balaban J connectivity index is 1.16. The van der Waals surface area contributed by atoms with Gasteiger partial charge in [-0.3, -0.25) is 4.79 Å². The molecular weight excluding hydrogens is 497 g/mol. The van der Waals surface area contributed by atoms with Crippen LogP contribution in [0.5, 0.6) is 5.88 Å². The van der Waals surface area contributed by atoms with Crippen molar-refractivity contribution in [2.24, 2.45) is 17.6 Å². The van der Waals surface area contributed by atoms with Crippen LogP contribution in [0, 0.1) is 31.5 Å². The Morgan fingerprint density at radius 1 is 1.08 bits per heavy atom. The van der Waals surface area contributed by atoms with Crippen molar-refractivity contribution in [1.29, 1.82) is 0 Å². The third kappa shape index (κ3) is 4.87. The average molecular weight is 528 g/mol. The molecule has 39 heavy (non-hydrogen) atoms.